The summed E-state index contributed by atoms with van der Waals surface area (Å²) in [4.78, 5) is 22.0. The average Bonchev–Trinajstić information content (AvgIpc) is 3.39. The Hall–Kier alpha value is -2.16. The molecule has 0 saturated carbocycles. The molecule has 2 aromatic heterocycles. The van der Waals surface area contributed by atoms with Gasteiger partial charge in [-0.25, -0.2) is 9.97 Å². The van der Waals surface area contributed by atoms with Crippen LogP contribution in [-0.2, 0) is 9.53 Å². The molecule has 1 saturated heterocycles. The molecule has 1 aromatic carbocycles. The molecule has 1 aliphatic rings. The lowest BCUT2D eigenvalue weighted by Crippen LogP contribution is -2.34. The minimum atomic E-state index is -0.851. The molecule has 9 heteroatoms. The fourth-order valence-electron chi connectivity index (χ4n) is 3.65. The summed E-state index contributed by atoms with van der Waals surface area (Å²) in [7, 11) is 0. The second-order valence-corrected chi connectivity index (χ2v) is 8.14. The number of aromatic nitrogens is 3. The number of aliphatic carboxylic acids is 1. The van der Waals surface area contributed by atoms with Crippen LogP contribution in [0.1, 0.15) is 19.3 Å². The van der Waals surface area contributed by atoms with Gasteiger partial charge in [-0.3, -0.25) is 4.79 Å². The summed E-state index contributed by atoms with van der Waals surface area (Å²) in [6, 6.07) is 6.03. The van der Waals surface area contributed by atoms with Crippen molar-refractivity contribution in [2.75, 3.05) is 24.7 Å². The molecule has 1 N–H and O–H groups in total. The molecule has 0 amide bonds. The minimum Gasteiger partial charge on any atom is -0.481 e. The van der Waals surface area contributed by atoms with Crippen LogP contribution < -0.4 is 4.90 Å². The van der Waals surface area contributed by atoms with Gasteiger partial charge in [0, 0.05) is 30.4 Å². The van der Waals surface area contributed by atoms with Crippen molar-refractivity contribution in [2.24, 2.45) is 0 Å². The fourth-order valence-corrected chi connectivity index (χ4v) is 4.24. The first kappa shape index (κ1) is 20.1. The number of imidazole rings is 1. The maximum atomic E-state index is 10.7. The number of halogens is 2. The topological polar surface area (TPSA) is 80.5 Å². The Morgan fingerprint density at radius 1 is 1.41 bits per heavy atom. The molecular formula is C20H20BrClN4O3. The number of hydrogen-bond acceptors (Lipinski definition) is 5. The lowest BCUT2D eigenvalue weighted by molar-refractivity contribution is -0.138. The lowest BCUT2D eigenvalue weighted by atomic mass is 10.1. The van der Waals surface area contributed by atoms with Gasteiger partial charge in [0.25, 0.3) is 0 Å². The Balaban J connectivity index is 1.69. The Morgan fingerprint density at radius 3 is 3.03 bits per heavy atom. The molecule has 0 radical (unpaired) electrons. The number of pyridine rings is 1. The maximum absolute atomic E-state index is 10.7. The van der Waals surface area contributed by atoms with Gasteiger partial charge in [0.2, 0.25) is 0 Å². The van der Waals surface area contributed by atoms with Crippen molar-refractivity contribution in [3.05, 3.63) is 46.4 Å². The number of hydrogen-bond donors (Lipinski definition) is 1. The van der Waals surface area contributed by atoms with E-state index in [0.29, 0.717) is 11.6 Å². The summed E-state index contributed by atoms with van der Waals surface area (Å²) in [5, 5.41) is 10.4. The lowest BCUT2D eigenvalue weighted by Gasteiger charge is -2.27. The molecule has 1 unspecified atom stereocenters. The average molecular weight is 480 g/mol. The molecule has 152 valence electrons. The zero-order valence-corrected chi connectivity index (χ0v) is 17.9. The second kappa shape index (κ2) is 8.69. The highest BCUT2D eigenvalue weighted by Gasteiger charge is 2.27. The van der Waals surface area contributed by atoms with Crippen LogP contribution in [0, 0.1) is 0 Å². The van der Waals surface area contributed by atoms with Gasteiger partial charge < -0.3 is 19.3 Å². The normalized spacial score (nSPS) is 16.6. The number of carbonyl (C=O) groups is 1. The van der Waals surface area contributed by atoms with Gasteiger partial charge in [0.1, 0.15) is 5.82 Å². The summed E-state index contributed by atoms with van der Waals surface area (Å²) >= 11 is 9.91. The number of fused-ring (bicyclic) bond motifs is 1. The zero-order valence-electron chi connectivity index (χ0n) is 15.6. The van der Waals surface area contributed by atoms with E-state index < -0.39 is 5.97 Å². The second-order valence-electron chi connectivity index (χ2n) is 6.94. The van der Waals surface area contributed by atoms with Crippen LogP contribution >= 0.6 is 27.5 Å². The number of rotatable bonds is 7. The molecular weight excluding hydrogens is 460 g/mol. The van der Waals surface area contributed by atoms with Gasteiger partial charge in [0.15, 0.2) is 0 Å². The highest BCUT2D eigenvalue weighted by Crippen LogP contribution is 2.36. The zero-order chi connectivity index (χ0) is 20.4. The van der Waals surface area contributed by atoms with Gasteiger partial charge in [-0.1, -0.05) is 11.6 Å². The van der Waals surface area contributed by atoms with Crippen LogP contribution in [0.2, 0.25) is 5.02 Å². The van der Waals surface area contributed by atoms with Crippen LogP contribution in [-0.4, -0.2) is 51.4 Å². The van der Waals surface area contributed by atoms with Crippen molar-refractivity contribution < 1.29 is 14.6 Å². The molecule has 3 aromatic rings. The molecule has 0 bridgehead atoms. The van der Waals surface area contributed by atoms with Crippen LogP contribution in [0.3, 0.4) is 0 Å². The van der Waals surface area contributed by atoms with E-state index in [1.165, 1.54) is 0 Å². The van der Waals surface area contributed by atoms with Gasteiger partial charge in [-0.2, -0.15) is 0 Å². The molecule has 7 nitrogen and oxygen atoms in total. The highest BCUT2D eigenvalue weighted by atomic mass is 79.9. The van der Waals surface area contributed by atoms with E-state index in [0.717, 1.165) is 46.3 Å². The molecule has 0 aliphatic carbocycles. The molecule has 1 atom stereocenters. The third-order valence-electron chi connectivity index (χ3n) is 5.06. The molecule has 4 rings (SSSR count). The minimum absolute atomic E-state index is 0.0111. The Bertz CT molecular complexity index is 1030. The quantitative estimate of drug-likeness (QED) is 0.509. The third-order valence-corrected chi connectivity index (χ3v) is 6.41. The number of carboxylic acid groups (broad SMARTS) is 1. The van der Waals surface area contributed by atoms with Crippen molar-refractivity contribution in [1.29, 1.82) is 0 Å². The molecule has 29 heavy (non-hydrogen) atoms. The summed E-state index contributed by atoms with van der Waals surface area (Å²) in [6.45, 7) is 1.56. The Morgan fingerprint density at radius 2 is 2.28 bits per heavy atom. The van der Waals surface area contributed by atoms with Gasteiger partial charge in [-0.05, 0) is 40.9 Å². The SMILES string of the molecule is O=C(O)CCOCC1CCCN1c1cc(-n2ccnc2)c2ccc(Cl)c(Br)c2n1. The maximum Gasteiger partial charge on any atom is 0.305 e. The summed E-state index contributed by atoms with van der Waals surface area (Å²) < 4.78 is 8.34. The molecule has 3 heterocycles. The number of anilines is 1. The third kappa shape index (κ3) is 4.24. The molecule has 1 aliphatic heterocycles. The van der Waals surface area contributed by atoms with E-state index in [4.69, 9.17) is 26.4 Å². The van der Waals surface area contributed by atoms with Crippen LogP contribution in [0.25, 0.3) is 16.6 Å². The van der Waals surface area contributed by atoms with Crippen LogP contribution in [0.5, 0.6) is 0 Å². The van der Waals surface area contributed by atoms with E-state index in [1.807, 2.05) is 22.9 Å². The number of benzene rings is 1. The molecule has 1 fully saturated rings. The first-order chi connectivity index (χ1) is 14.0. The highest BCUT2D eigenvalue weighted by molar-refractivity contribution is 9.10. The first-order valence-corrected chi connectivity index (χ1v) is 10.5. The van der Waals surface area contributed by atoms with Gasteiger partial charge >= 0.3 is 5.97 Å². The summed E-state index contributed by atoms with van der Waals surface area (Å²) in [5.74, 6) is -0.00956. The monoisotopic (exact) mass is 478 g/mol. The van der Waals surface area contributed by atoms with Crippen molar-refractivity contribution in [3.63, 3.8) is 0 Å². The van der Waals surface area contributed by atoms with E-state index in [2.05, 4.69) is 31.9 Å². The van der Waals surface area contributed by atoms with Crippen molar-refractivity contribution in [3.8, 4) is 5.69 Å². The van der Waals surface area contributed by atoms with E-state index in [9.17, 15) is 4.79 Å². The van der Waals surface area contributed by atoms with Crippen molar-refractivity contribution in [2.45, 2.75) is 25.3 Å². The van der Waals surface area contributed by atoms with Crippen LogP contribution in [0.15, 0.2) is 41.4 Å². The molecule has 0 spiro atoms. The standard InChI is InChI=1S/C20H20BrClN4O3/c21-19-15(22)4-3-14-16(25-8-6-23-12-25)10-17(24-20(14)19)26-7-1-2-13(26)11-29-9-5-18(27)28/h3-4,6,8,10,12-13H,1-2,5,7,9,11H2,(H,27,28). The van der Waals surface area contributed by atoms with Crippen molar-refractivity contribution in [1.82, 2.24) is 14.5 Å². The van der Waals surface area contributed by atoms with E-state index in [1.54, 1.807) is 12.5 Å². The Labute approximate surface area is 181 Å². The van der Waals surface area contributed by atoms with E-state index >= 15 is 0 Å². The smallest absolute Gasteiger partial charge is 0.305 e. The van der Waals surface area contributed by atoms with Crippen molar-refractivity contribution >= 4 is 50.2 Å². The number of nitrogens with zero attached hydrogens (tertiary/aromatic N) is 4. The Kier molecular flexibility index (Phi) is 6.03. The largest absolute Gasteiger partial charge is 0.481 e. The van der Waals surface area contributed by atoms with E-state index in [-0.39, 0.29) is 19.1 Å². The summed E-state index contributed by atoms with van der Waals surface area (Å²) in [6.07, 6.45) is 7.42. The van der Waals surface area contributed by atoms with Gasteiger partial charge in [0.05, 0.1) is 52.7 Å². The fraction of sp³-hybridized carbons (Fsp3) is 0.350. The predicted molar refractivity (Wildman–Crippen MR) is 115 cm³/mol. The predicted octanol–water partition coefficient (Wildman–Crippen LogP) is 4.30. The first-order valence-electron chi connectivity index (χ1n) is 9.38. The van der Waals surface area contributed by atoms with Gasteiger partial charge in [-0.15, -0.1) is 0 Å². The number of ether oxygens (including phenoxy) is 1. The number of carboxylic acids is 1. The van der Waals surface area contributed by atoms with Crippen LogP contribution in [0.4, 0.5) is 5.82 Å². The summed E-state index contributed by atoms with van der Waals surface area (Å²) in [5.41, 5.74) is 1.76.